The second-order valence-electron chi connectivity index (χ2n) is 4.35. The molecule has 0 radical (unpaired) electrons. The number of hydrogen-bond donors (Lipinski definition) is 2. The second-order valence-corrected chi connectivity index (χ2v) is 6.36. The van der Waals surface area contributed by atoms with E-state index in [4.69, 9.17) is 10.6 Å². The van der Waals surface area contributed by atoms with Crippen LogP contribution in [0.3, 0.4) is 0 Å². The number of ether oxygens (including phenoxy) is 1. The number of thioether (sulfide) groups is 1. The van der Waals surface area contributed by atoms with Crippen molar-refractivity contribution in [3.63, 3.8) is 0 Å². The molecular weight excluding hydrogens is 355 g/mol. The molecule has 0 aliphatic rings. The van der Waals surface area contributed by atoms with Gasteiger partial charge in [0.2, 0.25) is 0 Å². The van der Waals surface area contributed by atoms with Gasteiger partial charge in [0.05, 0.1) is 13.2 Å². The van der Waals surface area contributed by atoms with Gasteiger partial charge in [-0.2, -0.15) is 0 Å². The minimum Gasteiger partial charge on any atom is -0.494 e. The molecular formula is C15H16BrFN2OS. The van der Waals surface area contributed by atoms with Crippen LogP contribution in [-0.4, -0.2) is 12.9 Å². The summed E-state index contributed by atoms with van der Waals surface area (Å²) in [6.07, 6.45) is 0. The lowest BCUT2D eigenvalue weighted by Gasteiger charge is -2.18. The summed E-state index contributed by atoms with van der Waals surface area (Å²) in [7, 11) is 1.45. The molecule has 3 N–H and O–H groups in total. The molecule has 0 aromatic heterocycles. The van der Waals surface area contributed by atoms with E-state index in [1.165, 1.54) is 7.11 Å². The Bertz CT molecular complexity index is 612. The van der Waals surface area contributed by atoms with E-state index in [0.717, 1.165) is 9.37 Å². The predicted molar refractivity (Wildman–Crippen MR) is 87.9 cm³/mol. The van der Waals surface area contributed by atoms with Gasteiger partial charge >= 0.3 is 0 Å². The van der Waals surface area contributed by atoms with E-state index < -0.39 is 0 Å². The highest BCUT2D eigenvalue weighted by Crippen LogP contribution is 2.30. The van der Waals surface area contributed by atoms with Crippen molar-refractivity contribution in [2.75, 3.05) is 12.9 Å². The largest absolute Gasteiger partial charge is 0.494 e. The summed E-state index contributed by atoms with van der Waals surface area (Å²) in [6.45, 7) is 0. The number of hydrazine groups is 1. The Morgan fingerprint density at radius 3 is 2.76 bits per heavy atom. The Morgan fingerprint density at radius 1 is 1.33 bits per heavy atom. The Morgan fingerprint density at radius 2 is 2.10 bits per heavy atom. The third-order valence-corrected chi connectivity index (χ3v) is 4.58. The summed E-state index contributed by atoms with van der Waals surface area (Å²) < 4.78 is 20.3. The van der Waals surface area contributed by atoms with Crippen LogP contribution in [0, 0.1) is 5.82 Å². The lowest BCUT2D eigenvalue weighted by atomic mass is 10.1. The van der Waals surface area contributed by atoms with Crippen LogP contribution in [0.1, 0.15) is 11.6 Å². The number of methoxy groups -OCH3 is 1. The van der Waals surface area contributed by atoms with E-state index in [-0.39, 0.29) is 17.6 Å². The quantitative estimate of drug-likeness (QED) is 0.460. The van der Waals surface area contributed by atoms with Crippen molar-refractivity contribution in [2.45, 2.75) is 10.9 Å². The van der Waals surface area contributed by atoms with Gasteiger partial charge in [-0.25, -0.2) is 4.39 Å². The van der Waals surface area contributed by atoms with Crippen molar-refractivity contribution in [3.8, 4) is 5.75 Å². The molecule has 0 aliphatic carbocycles. The standard InChI is InChI=1S/C15H16BrFN2OS/c1-20-14-7-3-6-12(15(14)17)13(19-18)9-21-11-5-2-4-10(16)8-11/h2-8,13,19H,9,18H2,1H3. The SMILES string of the molecule is COc1cccc(C(CSc2cccc(Br)c2)NN)c1F. The van der Waals surface area contributed by atoms with Crippen molar-refractivity contribution in [1.29, 1.82) is 0 Å². The number of rotatable bonds is 6. The number of nitrogens with one attached hydrogen (secondary N) is 1. The fourth-order valence-electron chi connectivity index (χ4n) is 1.92. The molecule has 0 amide bonds. The molecule has 0 saturated carbocycles. The fraction of sp³-hybridized carbons (Fsp3) is 0.200. The molecule has 6 heteroatoms. The summed E-state index contributed by atoms with van der Waals surface area (Å²) in [5.41, 5.74) is 3.17. The summed E-state index contributed by atoms with van der Waals surface area (Å²) in [5.74, 6) is 6.03. The molecule has 0 heterocycles. The molecule has 2 aromatic carbocycles. The summed E-state index contributed by atoms with van der Waals surface area (Å²) in [6, 6.07) is 12.7. The molecule has 1 atom stereocenters. The zero-order valence-electron chi connectivity index (χ0n) is 11.5. The van der Waals surface area contributed by atoms with E-state index in [1.54, 1.807) is 30.0 Å². The Kier molecular flexibility index (Phi) is 6.05. The predicted octanol–water partition coefficient (Wildman–Crippen LogP) is 3.89. The third kappa shape index (κ3) is 4.20. The summed E-state index contributed by atoms with van der Waals surface area (Å²) >= 11 is 5.04. The maximum absolute atomic E-state index is 14.3. The average molecular weight is 371 g/mol. The molecule has 2 rings (SSSR count). The van der Waals surface area contributed by atoms with Crippen molar-refractivity contribution in [1.82, 2.24) is 5.43 Å². The van der Waals surface area contributed by atoms with Crippen LogP contribution in [0.2, 0.25) is 0 Å². The molecule has 21 heavy (non-hydrogen) atoms. The molecule has 0 bridgehead atoms. The number of halogens is 2. The van der Waals surface area contributed by atoms with Crippen LogP contribution in [-0.2, 0) is 0 Å². The van der Waals surface area contributed by atoms with Gasteiger partial charge in [-0.15, -0.1) is 11.8 Å². The van der Waals surface area contributed by atoms with E-state index in [1.807, 2.05) is 24.3 Å². The van der Waals surface area contributed by atoms with Crippen molar-refractivity contribution in [2.24, 2.45) is 5.84 Å². The van der Waals surface area contributed by atoms with E-state index in [2.05, 4.69) is 21.4 Å². The molecule has 0 aliphatic heterocycles. The van der Waals surface area contributed by atoms with Gasteiger partial charge in [0.1, 0.15) is 0 Å². The Labute approximate surface area is 136 Å². The molecule has 1 unspecified atom stereocenters. The maximum Gasteiger partial charge on any atom is 0.169 e. The van der Waals surface area contributed by atoms with Gasteiger partial charge in [-0.1, -0.05) is 34.1 Å². The van der Waals surface area contributed by atoms with Crippen molar-refractivity contribution < 1.29 is 9.13 Å². The highest BCUT2D eigenvalue weighted by molar-refractivity contribution is 9.10. The van der Waals surface area contributed by atoms with Crippen LogP contribution in [0.5, 0.6) is 5.75 Å². The lowest BCUT2D eigenvalue weighted by Crippen LogP contribution is -2.30. The zero-order valence-corrected chi connectivity index (χ0v) is 13.9. The fourth-order valence-corrected chi connectivity index (χ4v) is 3.49. The van der Waals surface area contributed by atoms with E-state index in [0.29, 0.717) is 11.3 Å². The second kappa shape index (κ2) is 7.79. The smallest absolute Gasteiger partial charge is 0.169 e. The molecule has 3 nitrogen and oxygen atoms in total. The minimum absolute atomic E-state index is 0.222. The zero-order chi connectivity index (χ0) is 15.2. The molecule has 0 saturated heterocycles. The molecule has 2 aromatic rings. The Balaban J connectivity index is 2.13. The van der Waals surface area contributed by atoms with Crippen LogP contribution in [0.25, 0.3) is 0 Å². The van der Waals surface area contributed by atoms with Crippen LogP contribution in [0.4, 0.5) is 4.39 Å². The van der Waals surface area contributed by atoms with Crippen LogP contribution in [0.15, 0.2) is 51.8 Å². The summed E-state index contributed by atoms with van der Waals surface area (Å²) in [5, 5.41) is 0. The first-order chi connectivity index (χ1) is 10.2. The van der Waals surface area contributed by atoms with Gasteiger partial charge in [0.25, 0.3) is 0 Å². The number of nitrogens with two attached hydrogens (primary N) is 1. The average Bonchev–Trinajstić information content (AvgIpc) is 2.49. The number of benzene rings is 2. The first-order valence-electron chi connectivity index (χ1n) is 6.32. The molecule has 0 spiro atoms. The topological polar surface area (TPSA) is 47.3 Å². The molecule has 112 valence electrons. The van der Waals surface area contributed by atoms with Gasteiger partial charge < -0.3 is 4.74 Å². The third-order valence-electron chi connectivity index (χ3n) is 3.00. The number of hydrogen-bond acceptors (Lipinski definition) is 4. The normalized spacial score (nSPS) is 12.2. The molecule has 0 fully saturated rings. The highest BCUT2D eigenvalue weighted by atomic mass is 79.9. The minimum atomic E-state index is -0.377. The van der Waals surface area contributed by atoms with E-state index >= 15 is 0 Å². The van der Waals surface area contributed by atoms with Gasteiger partial charge in [-0.05, 0) is 24.3 Å². The maximum atomic E-state index is 14.3. The van der Waals surface area contributed by atoms with E-state index in [9.17, 15) is 4.39 Å². The first kappa shape index (κ1) is 16.3. The first-order valence-corrected chi connectivity index (χ1v) is 8.10. The van der Waals surface area contributed by atoms with Gasteiger partial charge in [0, 0.05) is 20.7 Å². The van der Waals surface area contributed by atoms with Crippen molar-refractivity contribution in [3.05, 3.63) is 58.3 Å². The lowest BCUT2D eigenvalue weighted by molar-refractivity contribution is 0.381. The van der Waals surface area contributed by atoms with Gasteiger partial charge in [0.15, 0.2) is 11.6 Å². The van der Waals surface area contributed by atoms with Crippen LogP contribution >= 0.6 is 27.7 Å². The van der Waals surface area contributed by atoms with Crippen LogP contribution < -0.4 is 16.0 Å². The monoisotopic (exact) mass is 370 g/mol. The van der Waals surface area contributed by atoms with Crippen molar-refractivity contribution >= 4 is 27.7 Å². The summed E-state index contributed by atoms with van der Waals surface area (Å²) in [4.78, 5) is 1.09. The Hall–Kier alpha value is -1.08. The highest BCUT2D eigenvalue weighted by Gasteiger charge is 2.17. The van der Waals surface area contributed by atoms with Gasteiger partial charge in [-0.3, -0.25) is 11.3 Å².